The molecule has 1 saturated heterocycles. The summed E-state index contributed by atoms with van der Waals surface area (Å²) in [4.78, 5) is 52.2. The number of hydrogen-bond donors (Lipinski definition) is 1. The van der Waals surface area contributed by atoms with E-state index in [0.717, 1.165) is 11.3 Å². The van der Waals surface area contributed by atoms with E-state index in [2.05, 4.69) is 5.32 Å². The standard InChI is InChI=1S/C21H22ClN3O6S/c1-30-20(28)12-25(18(26)8-9-23-21(29)16-6-7-17(22)32-16)15-4-2-14(3-5-15)24-10-11-31-13-19(24)27/h2-7H,8-13H2,1H3,(H,23,29). The number of carbonyl (C=O) groups excluding carboxylic acids is 4. The first kappa shape index (κ1) is 23.7. The molecule has 0 bridgehead atoms. The van der Waals surface area contributed by atoms with E-state index in [-0.39, 0.29) is 43.8 Å². The maximum absolute atomic E-state index is 12.8. The Labute approximate surface area is 193 Å². The highest BCUT2D eigenvalue weighted by atomic mass is 35.5. The Kier molecular flexibility index (Phi) is 8.20. The van der Waals surface area contributed by atoms with E-state index in [9.17, 15) is 19.2 Å². The third kappa shape index (κ3) is 6.06. The Hall–Kier alpha value is -2.95. The number of amides is 3. The Morgan fingerprint density at radius 3 is 2.59 bits per heavy atom. The van der Waals surface area contributed by atoms with Gasteiger partial charge < -0.3 is 24.6 Å². The van der Waals surface area contributed by atoms with Crippen LogP contribution in [-0.4, -0.2) is 63.6 Å². The number of morpholine rings is 1. The molecule has 0 spiro atoms. The van der Waals surface area contributed by atoms with Crippen LogP contribution in [0.3, 0.4) is 0 Å². The van der Waals surface area contributed by atoms with E-state index >= 15 is 0 Å². The molecule has 3 amide bonds. The monoisotopic (exact) mass is 479 g/mol. The van der Waals surface area contributed by atoms with Crippen molar-refractivity contribution in [3.8, 4) is 0 Å². The average molecular weight is 480 g/mol. The van der Waals surface area contributed by atoms with Gasteiger partial charge in [-0.1, -0.05) is 11.6 Å². The van der Waals surface area contributed by atoms with Gasteiger partial charge >= 0.3 is 5.97 Å². The number of methoxy groups -OCH3 is 1. The number of carbonyl (C=O) groups is 4. The lowest BCUT2D eigenvalue weighted by atomic mass is 10.2. The summed E-state index contributed by atoms with van der Waals surface area (Å²) in [5.41, 5.74) is 1.15. The molecule has 0 aliphatic carbocycles. The van der Waals surface area contributed by atoms with Crippen LogP contribution in [-0.2, 0) is 23.9 Å². The number of ether oxygens (including phenoxy) is 2. The Morgan fingerprint density at radius 2 is 1.97 bits per heavy atom. The largest absolute Gasteiger partial charge is 0.468 e. The van der Waals surface area contributed by atoms with Crippen LogP contribution in [0.1, 0.15) is 16.1 Å². The van der Waals surface area contributed by atoms with E-state index in [1.807, 2.05) is 0 Å². The minimum Gasteiger partial charge on any atom is -0.468 e. The number of anilines is 2. The molecule has 1 N–H and O–H groups in total. The molecule has 170 valence electrons. The van der Waals surface area contributed by atoms with E-state index < -0.39 is 5.97 Å². The van der Waals surface area contributed by atoms with Crippen molar-refractivity contribution in [2.45, 2.75) is 6.42 Å². The third-order valence-electron chi connectivity index (χ3n) is 4.70. The first-order chi connectivity index (χ1) is 15.4. The molecule has 0 radical (unpaired) electrons. The van der Waals surface area contributed by atoms with Crippen LogP contribution in [0, 0.1) is 0 Å². The van der Waals surface area contributed by atoms with E-state index in [0.29, 0.717) is 33.7 Å². The molecule has 1 aromatic heterocycles. The second-order valence-electron chi connectivity index (χ2n) is 6.78. The van der Waals surface area contributed by atoms with Gasteiger partial charge in [0.1, 0.15) is 13.2 Å². The number of rotatable bonds is 8. The number of esters is 1. The molecule has 32 heavy (non-hydrogen) atoms. The van der Waals surface area contributed by atoms with Crippen LogP contribution in [0.4, 0.5) is 11.4 Å². The van der Waals surface area contributed by atoms with Gasteiger partial charge in [-0.2, -0.15) is 0 Å². The number of halogens is 1. The van der Waals surface area contributed by atoms with Crippen LogP contribution in [0.15, 0.2) is 36.4 Å². The molecular weight excluding hydrogens is 458 g/mol. The molecule has 1 aromatic carbocycles. The van der Waals surface area contributed by atoms with Crippen molar-refractivity contribution in [2.75, 3.05) is 49.8 Å². The van der Waals surface area contributed by atoms with Gasteiger partial charge in [-0.05, 0) is 36.4 Å². The maximum Gasteiger partial charge on any atom is 0.325 e. The van der Waals surface area contributed by atoms with Gasteiger partial charge in [0.25, 0.3) is 11.8 Å². The normalized spacial score (nSPS) is 13.6. The highest BCUT2D eigenvalue weighted by molar-refractivity contribution is 7.18. The summed E-state index contributed by atoms with van der Waals surface area (Å²) in [5, 5.41) is 2.67. The summed E-state index contributed by atoms with van der Waals surface area (Å²) in [7, 11) is 1.24. The van der Waals surface area contributed by atoms with Gasteiger partial charge in [0.05, 0.1) is 22.9 Å². The van der Waals surface area contributed by atoms with E-state index in [4.69, 9.17) is 21.1 Å². The van der Waals surface area contributed by atoms with Gasteiger partial charge in [-0.3, -0.25) is 19.2 Å². The Balaban J connectivity index is 1.65. The molecule has 1 aliphatic rings. The minimum atomic E-state index is -0.581. The summed E-state index contributed by atoms with van der Waals surface area (Å²) in [6, 6.07) is 9.96. The zero-order valence-electron chi connectivity index (χ0n) is 17.3. The SMILES string of the molecule is COC(=O)CN(C(=O)CCNC(=O)c1ccc(Cl)s1)c1ccc(N2CCOCC2=O)cc1. The highest BCUT2D eigenvalue weighted by Gasteiger charge is 2.23. The Morgan fingerprint density at radius 1 is 1.22 bits per heavy atom. The van der Waals surface area contributed by atoms with Gasteiger partial charge in [-0.15, -0.1) is 11.3 Å². The molecule has 0 atom stereocenters. The van der Waals surface area contributed by atoms with Crippen molar-refractivity contribution in [1.29, 1.82) is 0 Å². The molecule has 11 heteroatoms. The van der Waals surface area contributed by atoms with E-state index in [1.54, 1.807) is 41.3 Å². The second kappa shape index (κ2) is 11.1. The van der Waals surface area contributed by atoms with Crippen molar-refractivity contribution < 1.29 is 28.7 Å². The van der Waals surface area contributed by atoms with Gasteiger partial charge in [0.15, 0.2) is 0 Å². The number of thiophene rings is 1. The quantitative estimate of drug-likeness (QED) is 0.581. The predicted molar refractivity (Wildman–Crippen MR) is 120 cm³/mol. The van der Waals surface area contributed by atoms with E-state index in [1.165, 1.54) is 12.0 Å². The molecule has 2 heterocycles. The fourth-order valence-corrected chi connectivity index (χ4v) is 4.02. The van der Waals surface area contributed by atoms with Gasteiger partial charge in [-0.25, -0.2) is 0 Å². The number of nitrogens with zero attached hydrogens (tertiary/aromatic N) is 2. The molecule has 1 fully saturated rings. The summed E-state index contributed by atoms with van der Waals surface area (Å²) in [5.74, 6) is -1.42. The highest BCUT2D eigenvalue weighted by Crippen LogP contribution is 2.23. The van der Waals surface area contributed by atoms with Crippen molar-refractivity contribution >= 4 is 58.0 Å². The predicted octanol–water partition coefficient (Wildman–Crippen LogP) is 2.09. The lowest BCUT2D eigenvalue weighted by Crippen LogP contribution is -2.41. The minimum absolute atomic E-state index is 0.0223. The zero-order valence-corrected chi connectivity index (χ0v) is 18.9. The van der Waals surface area contributed by atoms with Crippen LogP contribution < -0.4 is 15.1 Å². The van der Waals surface area contributed by atoms with Crippen molar-refractivity contribution in [2.24, 2.45) is 0 Å². The Bertz CT molecular complexity index is 994. The summed E-state index contributed by atoms with van der Waals surface area (Å²) in [6.07, 6.45) is -0.0223. The molecule has 2 aromatic rings. The third-order valence-corrected chi connectivity index (χ3v) is 5.93. The lowest BCUT2D eigenvalue weighted by molar-refractivity contribution is -0.140. The molecule has 3 rings (SSSR count). The first-order valence-corrected chi connectivity index (χ1v) is 11.0. The molecular formula is C21H22ClN3O6S. The number of benzene rings is 1. The average Bonchev–Trinajstić information content (AvgIpc) is 3.24. The fraction of sp³-hybridized carbons (Fsp3) is 0.333. The summed E-state index contributed by atoms with van der Waals surface area (Å²) < 4.78 is 10.3. The topological polar surface area (TPSA) is 105 Å². The van der Waals surface area contributed by atoms with Crippen LogP contribution in [0.5, 0.6) is 0 Å². The zero-order chi connectivity index (χ0) is 23.1. The number of hydrogen-bond acceptors (Lipinski definition) is 7. The summed E-state index contributed by atoms with van der Waals surface area (Å²) in [6.45, 7) is 0.727. The maximum atomic E-state index is 12.8. The molecule has 1 aliphatic heterocycles. The first-order valence-electron chi connectivity index (χ1n) is 9.78. The number of nitrogens with one attached hydrogen (secondary N) is 1. The second-order valence-corrected chi connectivity index (χ2v) is 8.50. The molecule has 0 unspecified atom stereocenters. The molecule has 9 nitrogen and oxygen atoms in total. The van der Waals surface area contributed by atoms with Gasteiger partial charge in [0, 0.05) is 30.9 Å². The molecule has 0 saturated carbocycles. The van der Waals surface area contributed by atoms with Crippen LogP contribution in [0.2, 0.25) is 4.34 Å². The fourth-order valence-electron chi connectivity index (χ4n) is 3.06. The van der Waals surface area contributed by atoms with Crippen LogP contribution in [0.25, 0.3) is 0 Å². The summed E-state index contributed by atoms with van der Waals surface area (Å²) >= 11 is 6.98. The van der Waals surface area contributed by atoms with Gasteiger partial charge in [0.2, 0.25) is 5.91 Å². The lowest BCUT2D eigenvalue weighted by Gasteiger charge is -2.28. The smallest absolute Gasteiger partial charge is 0.325 e. The van der Waals surface area contributed by atoms with Crippen molar-refractivity contribution in [3.05, 3.63) is 45.6 Å². The van der Waals surface area contributed by atoms with Crippen molar-refractivity contribution in [1.82, 2.24) is 5.32 Å². The van der Waals surface area contributed by atoms with Crippen LogP contribution >= 0.6 is 22.9 Å². The van der Waals surface area contributed by atoms with Crippen molar-refractivity contribution in [3.63, 3.8) is 0 Å².